The maximum Gasteiger partial charge on any atom is 0.323 e. The molecule has 0 aliphatic rings. The van der Waals surface area contributed by atoms with Crippen molar-refractivity contribution in [2.24, 2.45) is 0 Å². The number of halogens is 1. The molecule has 0 aliphatic heterocycles. The number of nitrogens with zero attached hydrogens (tertiary/aromatic N) is 2. The Balaban J connectivity index is 2.83. The van der Waals surface area contributed by atoms with Crippen LogP contribution in [0.15, 0.2) is 22.8 Å². The Bertz CT molecular complexity index is 390. The van der Waals surface area contributed by atoms with Crippen molar-refractivity contribution in [1.29, 1.82) is 0 Å². The predicted molar refractivity (Wildman–Crippen MR) is 69.7 cm³/mol. The number of rotatable bonds is 5. The van der Waals surface area contributed by atoms with Crippen LogP contribution in [0.2, 0.25) is 0 Å². The molecule has 17 heavy (non-hydrogen) atoms. The summed E-state index contributed by atoms with van der Waals surface area (Å²) in [6.45, 7) is 6.55. The summed E-state index contributed by atoms with van der Waals surface area (Å²) < 4.78 is 0.918. The Morgan fingerprint density at radius 3 is 2.59 bits per heavy atom. The summed E-state index contributed by atoms with van der Waals surface area (Å²) in [4.78, 5) is 17.3. The normalized spacial score (nSPS) is 11.8. The van der Waals surface area contributed by atoms with Gasteiger partial charge >= 0.3 is 5.97 Å². The molecule has 0 aromatic carbocycles. The monoisotopic (exact) mass is 300 g/mol. The number of carboxylic acids is 1. The molecule has 1 heterocycles. The van der Waals surface area contributed by atoms with Crippen LogP contribution in [-0.4, -0.2) is 33.0 Å². The van der Waals surface area contributed by atoms with Crippen LogP contribution in [0.3, 0.4) is 0 Å². The van der Waals surface area contributed by atoms with Crippen LogP contribution in [-0.2, 0) is 11.3 Å². The molecule has 0 unspecified atom stereocenters. The van der Waals surface area contributed by atoms with Gasteiger partial charge in [0.2, 0.25) is 0 Å². The molecule has 1 aromatic rings. The number of carboxylic acid groups (broad SMARTS) is 1. The van der Waals surface area contributed by atoms with E-state index in [1.807, 2.05) is 24.0 Å². The molecule has 94 valence electrons. The molecule has 0 saturated carbocycles. The fourth-order valence-corrected chi connectivity index (χ4v) is 1.77. The fourth-order valence-electron chi connectivity index (χ4n) is 1.54. The Hall–Kier alpha value is -0.940. The second kappa shape index (κ2) is 5.60. The third-order valence-corrected chi connectivity index (χ3v) is 3.31. The third kappa shape index (κ3) is 3.51. The van der Waals surface area contributed by atoms with E-state index in [4.69, 9.17) is 0 Å². The second-order valence-corrected chi connectivity index (χ2v) is 5.26. The molecular weight excluding hydrogens is 284 g/mol. The lowest BCUT2D eigenvalue weighted by atomic mass is 10.0. The molecule has 0 saturated heterocycles. The van der Waals surface area contributed by atoms with E-state index in [1.165, 1.54) is 0 Å². The Morgan fingerprint density at radius 2 is 2.18 bits per heavy atom. The standard InChI is InChI=1S/C12H17BrN2O2/c1-4-15(12(2,3)11(16)17)8-10-6-5-9(13)7-14-10/h5-7H,4,8H2,1-3H3,(H,16,17). The molecule has 0 spiro atoms. The van der Waals surface area contributed by atoms with E-state index < -0.39 is 11.5 Å². The molecule has 0 atom stereocenters. The Morgan fingerprint density at radius 1 is 1.53 bits per heavy atom. The highest BCUT2D eigenvalue weighted by Gasteiger charge is 2.33. The fraction of sp³-hybridized carbons (Fsp3) is 0.500. The molecule has 1 N–H and O–H groups in total. The van der Waals surface area contributed by atoms with Gasteiger partial charge in [-0.2, -0.15) is 0 Å². The molecule has 0 amide bonds. The van der Waals surface area contributed by atoms with Gasteiger partial charge in [-0.25, -0.2) is 0 Å². The van der Waals surface area contributed by atoms with Crippen molar-refractivity contribution in [3.8, 4) is 0 Å². The first-order valence-corrected chi connectivity index (χ1v) is 6.26. The van der Waals surface area contributed by atoms with Gasteiger partial charge in [0.05, 0.1) is 5.69 Å². The van der Waals surface area contributed by atoms with Crippen molar-refractivity contribution in [2.45, 2.75) is 32.9 Å². The van der Waals surface area contributed by atoms with Crippen LogP contribution in [0.1, 0.15) is 26.5 Å². The maximum absolute atomic E-state index is 11.2. The molecule has 0 bridgehead atoms. The van der Waals surface area contributed by atoms with Crippen molar-refractivity contribution in [3.05, 3.63) is 28.5 Å². The minimum absolute atomic E-state index is 0.531. The number of hydrogen-bond donors (Lipinski definition) is 1. The van der Waals surface area contributed by atoms with Crippen LogP contribution < -0.4 is 0 Å². The molecule has 1 aromatic heterocycles. The van der Waals surface area contributed by atoms with Crippen LogP contribution in [0.5, 0.6) is 0 Å². The van der Waals surface area contributed by atoms with Gasteiger partial charge in [-0.15, -0.1) is 0 Å². The van der Waals surface area contributed by atoms with Crippen LogP contribution >= 0.6 is 15.9 Å². The van der Waals surface area contributed by atoms with Gasteiger partial charge in [0.1, 0.15) is 5.54 Å². The summed E-state index contributed by atoms with van der Waals surface area (Å²) in [7, 11) is 0. The summed E-state index contributed by atoms with van der Waals surface area (Å²) in [5, 5.41) is 9.20. The molecule has 0 fully saturated rings. The van der Waals surface area contributed by atoms with Crippen molar-refractivity contribution in [1.82, 2.24) is 9.88 Å². The molecule has 4 nitrogen and oxygen atoms in total. The summed E-state index contributed by atoms with van der Waals surface area (Å²) in [6, 6.07) is 3.80. The van der Waals surface area contributed by atoms with Crippen LogP contribution in [0, 0.1) is 0 Å². The molecule has 5 heteroatoms. The van der Waals surface area contributed by atoms with E-state index >= 15 is 0 Å². The van der Waals surface area contributed by atoms with Gasteiger partial charge < -0.3 is 5.11 Å². The predicted octanol–water partition coefficient (Wildman–Crippen LogP) is 2.53. The summed E-state index contributed by atoms with van der Waals surface area (Å²) in [5.74, 6) is -0.823. The second-order valence-electron chi connectivity index (χ2n) is 4.35. The quantitative estimate of drug-likeness (QED) is 0.908. The lowest BCUT2D eigenvalue weighted by Gasteiger charge is -2.33. The number of aromatic nitrogens is 1. The van der Waals surface area contributed by atoms with E-state index in [0.717, 1.165) is 10.2 Å². The van der Waals surface area contributed by atoms with E-state index in [9.17, 15) is 9.90 Å². The van der Waals surface area contributed by atoms with Crippen LogP contribution in [0.4, 0.5) is 0 Å². The van der Waals surface area contributed by atoms with E-state index in [2.05, 4.69) is 20.9 Å². The lowest BCUT2D eigenvalue weighted by Crippen LogP contribution is -2.49. The molecule has 0 aliphatic carbocycles. The van der Waals surface area contributed by atoms with Crippen LogP contribution in [0.25, 0.3) is 0 Å². The number of carbonyl (C=O) groups is 1. The number of hydrogen-bond acceptors (Lipinski definition) is 3. The average Bonchev–Trinajstić information content (AvgIpc) is 2.27. The first-order valence-electron chi connectivity index (χ1n) is 5.46. The van der Waals surface area contributed by atoms with Crippen molar-refractivity contribution in [2.75, 3.05) is 6.54 Å². The minimum atomic E-state index is -0.885. The van der Waals surface area contributed by atoms with Crippen molar-refractivity contribution in [3.63, 3.8) is 0 Å². The maximum atomic E-state index is 11.2. The third-order valence-electron chi connectivity index (χ3n) is 2.84. The van der Waals surface area contributed by atoms with E-state index in [-0.39, 0.29) is 0 Å². The topological polar surface area (TPSA) is 53.4 Å². The highest BCUT2D eigenvalue weighted by atomic mass is 79.9. The summed E-state index contributed by atoms with van der Waals surface area (Å²) in [5.41, 5.74) is -0.0203. The minimum Gasteiger partial charge on any atom is -0.480 e. The van der Waals surface area contributed by atoms with Crippen molar-refractivity contribution < 1.29 is 9.90 Å². The molecular formula is C12H17BrN2O2. The SMILES string of the molecule is CCN(Cc1ccc(Br)cn1)C(C)(C)C(=O)O. The highest BCUT2D eigenvalue weighted by Crippen LogP contribution is 2.18. The van der Waals surface area contributed by atoms with Gasteiger partial charge in [-0.1, -0.05) is 6.92 Å². The van der Waals surface area contributed by atoms with E-state index in [1.54, 1.807) is 20.0 Å². The highest BCUT2D eigenvalue weighted by molar-refractivity contribution is 9.10. The first-order chi connectivity index (χ1) is 7.87. The van der Waals surface area contributed by atoms with Gasteiger partial charge in [0, 0.05) is 17.2 Å². The average molecular weight is 301 g/mol. The number of pyridine rings is 1. The summed E-state index contributed by atoms with van der Waals surface area (Å²) in [6.07, 6.45) is 1.72. The van der Waals surface area contributed by atoms with Crippen molar-refractivity contribution >= 4 is 21.9 Å². The Labute approximate surface area is 110 Å². The zero-order chi connectivity index (χ0) is 13.1. The van der Waals surface area contributed by atoms with Gasteiger partial charge in [-0.05, 0) is 48.5 Å². The van der Waals surface area contributed by atoms with Gasteiger partial charge in [0.15, 0.2) is 0 Å². The Kier molecular flexibility index (Phi) is 4.65. The number of likely N-dealkylation sites (N-methyl/N-ethyl adjacent to an activating group) is 1. The number of aliphatic carboxylic acids is 1. The summed E-state index contributed by atoms with van der Waals surface area (Å²) >= 11 is 3.32. The molecule has 1 rings (SSSR count). The smallest absolute Gasteiger partial charge is 0.323 e. The first kappa shape index (κ1) is 14.1. The van der Waals surface area contributed by atoms with Gasteiger partial charge in [-0.3, -0.25) is 14.7 Å². The largest absolute Gasteiger partial charge is 0.480 e. The zero-order valence-electron chi connectivity index (χ0n) is 10.3. The van der Waals surface area contributed by atoms with Gasteiger partial charge in [0.25, 0.3) is 0 Å². The molecule has 0 radical (unpaired) electrons. The lowest BCUT2D eigenvalue weighted by molar-refractivity contribution is -0.149. The zero-order valence-corrected chi connectivity index (χ0v) is 11.9. The van der Waals surface area contributed by atoms with E-state index in [0.29, 0.717) is 13.1 Å².